The van der Waals surface area contributed by atoms with Gasteiger partial charge in [0.2, 0.25) is 0 Å². The molecule has 0 spiro atoms. The Morgan fingerprint density at radius 2 is 1.38 bits per heavy atom. The molecule has 1 atom stereocenters. The molecule has 3 nitrogen and oxygen atoms in total. The second-order valence-corrected chi connectivity index (χ2v) is 8.08. The van der Waals surface area contributed by atoms with Gasteiger partial charge in [0.05, 0.1) is 0 Å². The van der Waals surface area contributed by atoms with E-state index >= 15 is 0 Å². The molecule has 0 saturated carbocycles. The highest BCUT2D eigenvalue weighted by molar-refractivity contribution is 14.1. The van der Waals surface area contributed by atoms with E-state index in [1.807, 2.05) is 0 Å². The average molecular weight is 548 g/mol. The van der Waals surface area contributed by atoms with Crippen LogP contribution in [0.5, 0.6) is 0 Å². The average Bonchev–Trinajstić information content (AvgIpc) is 2.23. The monoisotopic (exact) mass is 548 g/mol. The Morgan fingerprint density at radius 1 is 1.05 bits per heavy atom. The van der Waals surface area contributed by atoms with Crippen molar-refractivity contribution in [1.29, 1.82) is 0 Å². The number of rotatable bonds is 4. The minimum Gasteiger partial charge on any atom is -0.455 e. The molecule has 0 saturated heterocycles. The summed E-state index contributed by atoms with van der Waals surface area (Å²) < 4.78 is 79.7. The van der Waals surface area contributed by atoms with Crippen LogP contribution in [0.25, 0.3) is 0 Å². The van der Waals surface area contributed by atoms with Gasteiger partial charge in [-0.15, -0.1) is 0 Å². The fourth-order valence-electron chi connectivity index (χ4n) is 1.31. The molecule has 1 N–H and O–H groups in total. The van der Waals surface area contributed by atoms with Crippen molar-refractivity contribution in [2.24, 2.45) is 0 Å². The lowest BCUT2D eigenvalue weighted by atomic mass is 9.84. The number of hydrogen-bond acceptors (Lipinski definition) is 3. The van der Waals surface area contributed by atoms with Crippen LogP contribution < -0.4 is 0 Å². The maximum Gasteiger partial charge on any atom is 0.430 e. The van der Waals surface area contributed by atoms with Gasteiger partial charge in [0.1, 0.15) is 3.42 Å². The smallest absolute Gasteiger partial charge is 0.430 e. The maximum absolute atomic E-state index is 12.8. The lowest BCUT2D eigenvalue weighted by Gasteiger charge is -2.44. The molecule has 0 radical (unpaired) electrons. The lowest BCUT2D eigenvalue weighted by molar-refractivity contribution is -0.407. The normalized spacial score (nSPS) is 17.3. The van der Waals surface area contributed by atoms with Gasteiger partial charge in [0.15, 0.2) is 5.60 Å². The highest BCUT2D eigenvalue weighted by Crippen LogP contribution is 2.51. The van der Waals surface area contributed by atoms with Gasteiger partial charge in [-0.25, -0.2) is 0 Å². The van der Waals surface area contributed by atoms with Crippen LogP contribution in [-0.2, 0) is 9.53 Å². The summed E-state index contributed by atoms with van der Waals surface area (Å²) in [5.74, 6) is -1.28. The van der Waals surface area contributed by atoms with E-state index in [2.05, 4.69) is 4.74 Å². The highest BCUT2D eigenvalue weighted by atomic mass is 127. The Bertz CT molecular complexity index is 389. The van der Waals surface area contributed by atoms with Gasteiger partial charge in [-0.1, -0.05) is 45.2 Å². The van der Waals surface area contributed by atoms with Crippen molar-refractivity contribution in [1.82, 2.24) is 0 Å². The van der Waals surface area contributed by atoms with E-state index in [9.17, 15) is 36.2 Å². The largest absolute Gasteiger partial charge is 0.455 e. The number of carbonyl (C=O) groups is 1. The molecule has 0 aromatic heterocycles. The van der Waals surface area contributed by atoms with E-state index in [1.54, 1.807) is 45.2 Å². The summed E-state index contributed by atoms with van der Waals surface area (Å²) in [5.41, 5.74) is -8.43. The summed E-state index contributed by atoms with van der Waals surface area (Å²) in [6.07, 6.45) is -12.1. The van der Waals surface area contributed by atoms with Crippen LogP contribution in [0.3, 0.4) is 0 Å². The van der Waals surface area contributed by atoms with Crippen LogP contribution >= 0.6 is 45.2 Å². The zero-order valence-corrected chi connectivity index (χ0v) is 15.3. The maximum atomic E-state index is 12.8. The Kier molecular flexibility index (Phi) is 6.31. The van der Waals surface area contributed by atoms with Crippen molar-refractivity contribution >= 4 is 51.2 Å². The van der Waals surface area contributed by atoms with Crippen molar-refractivity contribution in [2.75, 3.05) is 4.43 Å². The summed E-state index contributed by atoms with van der Waals surface area (Å²) in [5, 5.41) is 9.27. The highest BCUT2D eigenvalue weighted by Gasteiger charge is 2.78. The van der Waals surface area contributed by atoms with Crippen LogP contribution in [0, 0.1) is 0 Å². The molecule has 0 aliphatic rings. The van der Waals surface area contributed by atoms with Gasteiger partial charge in [0, 0.05) is 4.43 Å². The van der Waals surface area contributed by atoms with Gasteiger partial charge in [-0.3, -0.25) is 4.79 Å². The fourth-order valence-corrected chi connectivity index (χ4v) is 1.73. The molecular formula is C10H12F6I2O3. The van der Waals surface area contributed by atoms with Crippen molar-refractivity contribution in [3.63, 3.8) is 0 Å². The molecule has 126 valence electrons. The topological polar surface area (TPSA) is 46.5 Å². The predicted octanol–water partition coefficient (Wildman–Crippen LogP) is 3.79. The standard InChI is InChI=1S/C10H12F6I2O3/c1-6(2,21-5(19)7(3,18)4-17)8(20,9(11,12)13)10(14,15)16/h20H,4H2,1-3H3. The Balaban J connectivity index is 5.79. The zero-order chi connectivity index (χ0) is 17.5. The first kappa shape index (κ1) is 21.5. The van der Waals surface area contributed by atoms with Crippen LogP contribution in [0.2, 0.25) is 0 Å². The number of alkyl halides is 8. The van der Waals surface area contributed by atoms with Crippen molar-refractivity contribution < 1.29 is 41.0 Å². The van der Waals surface area contributed by atoms with E-state index in [4.69, 9.17) is 0 Å². The van der Waals surface area contributed by atoms with Crippen molar-refractivity contribution in [3.05, 3.63) is 0 Å². The van der Waals surface area contributed by atoms with Gasteiger partial charge in [-0.05, 0) is 20.8 Å². The van der Waals surface area contributed by atoms with Crippen molar-refractivity contribution in [3.8, 4) is 0 Å². The Morgan fingerprint density at radius 3 is 1.62 bits per heavy atom. The molecule has 21 heavy (non-hydrogen) atoms. The summed E-state index contributed by atoms with van der Waals surface area (Å²) >= 11 is 3.28. The molecular weight excluding hydrogens is 536 g/mol. The first-order valence-electron chi connectivity index (χ1n) is 5.28. The number of ether oxygens (including phenoxy) is 1. The zero-order valence-electron chi connectivity index (χ0n) is 11.0. The molecule has 0 aromatic rings. The van der Waals surface area contributed by atoms with Crippen LogP contribution in [-0.4, -0.2) is 42.5 Å². The van der Waals surface area contributed by atoms with Crippen LogP contribution in [0.4, 0.5) is 26.3 Å². The molecule has 0 aromatic carbocycles. The molecule has 11 heteroatoms. The fraction of sp³-hybridized carbons (Fsp3) is 0.900. The number of esters is 1. The van der Waals surface area contributed by atoms with Gasteiger partial charge in [0.25, 0.3) is 5.60 Å². The Hall–Kier alpha value is 0.470. The first-order valence-corrected chi connectivity index (χ1v) is 7.88. The number of carbonyl (C=O) groups excluding carboxylic acids is 1. The van der Waals surface area contributed by atoms with Crippen LogP contribution in [0.15, 0.2) is 0 Å². The van der Waals surface area contributed by atoms with E-state index in [0.717, 1.165) is 0 Å². The summed E-state index contributed by atoms with van der Waals surface area (Å²) in [4.78, 5) is 11.7. The number of halogens is 8. The second kappa shape index (κ2) is 6.17. The molecule has 0 heterocycles. The third-order valence-corrected chi connectivity index (χ3v) is 6.52. The number of aliphatic hydroxyl groups is 1. The molecule has 0 bridgehead atoms. The minimum atomic E-state index is -6.07. The predicted molar refractivity (Wildman–Crippen MR) is 78.5 cm³/mol. The van der Waals surface area contributed by atoms with E-state index in [0.29, 0.717) is 13.8 Å². The molecule has 0 aliphatic carbocycles. The van der Waals surface area contributed by atoms with Gasteiger partial charge in [-0.2, -0.15) is 26.3 Å². The summed E-state index contributed by atoms with van der Waals surface area (Å²) in [7, 11) is 0. The summed E-state index contributed by atoms with van der Waals surface area (Å²) in [6, 6.07) is 0. The summed E-state index contributed by atoms with van der Waals surface area (Å²) in [6.45, 7) is 2.02. The number of hydrogen-bond donors (Lipinski definition) is 1. The Labute approximate surface area is 144 Å². The van der Waals surface area contributed by atoms with Crippen LogP contribution in [0.1, 0.15) is 20.8 Å². The quantitative estimate of drug-likeness (QED) is 0.252. The van der Waals surface area contributed by atoms with E-state index in [-0.39, 0.29) is 4.43 Å². The molecule has 0 fully saturated rings. The molecule has 0 amide bonds. The van der Waals surface area contributed by atoms with E-state index < -0.39 is 32.9 Å². The molecule has 0 aliphatic heterocycles. The molecule has 1 unspecified atom stereocenters. The minimum absolute atomic E-state index is 0.0939. The van der Waals surface area contributed by atoms with Crippen molar-refractivity contribution in [2.45, 2.75) is 47.7 Å². The second-order valence-electron chi connectivity index (χ2n) is 4.94. The van der Waals surface area contributed by atoms with Gasteiger partial charge >= 0.3 is 18.3 Å². The lowest BCUT2D eigenvalue weighted by Crippen LogP contribution is -2.70. The van der Waals surface area contributed by atoms with Gasteiger partial charge < -0.3 is 9.84 Å². The van der Waals surface area contributed by atoms with E-state index in [1.165, 1.54) is 6.92 Å². The molecule has 0 rings (SSSR count). The first-order chi connectivity index (χ1) is 8.94. The SMILES string of the molecule is CC(I)(CI)C(=O)OC(C)(C)C(O)(C(F)(F)F)C(F)(F)F. The third-order valence-electron chi connectivity index (χ3n) is 2.72. The third kappa shape index (κ3) is 4.06.